The van der Waals surface area contributed by atoms with E-state index in [1.807, 2.05) is 0 Å². The molecule has 1 fully saturated rings. The van der Waals surface area contributed by atoms with Crippen molar-refractivity contribution in [3.05, 3.63) is 24.3 Å². The van der Waals surface area contributed by atoms with E-state index in [0.717, 1.165) is 6.26 Å². The molecule has 1 saturated heterocycles. The lowest BCUT2D eigenvalue weighted by Gasteiger charge is -2.15. The predicted molar refractivity (Wildman–Crippen MR) is 78.1 cm³/mol. The molecule has 0 spiro atoms. The van der Waals surface area contributed by atoms with E-state index in [9.17, 15) is 18.0 Å². The fourth-order valence-electron chi connectivity index (χ4n) is 1.82. The van der Waals surface area contributed by atoms with Gasteiger partial charge in [0.1, 0.15) is 11.9 Å². The molecule has 1 N–H and O–H groups in total. The Hall–Kier alpha value is -2.09. The van der Waals surface area contributed by atoms with E-state index in [2.05, 4.69) is 5.32 Å². The van der Waals surface area contributed by atoms with Gasteiger partial charge in [0.05, 0.1) is 6.54 Å². The van der Waals surface area contributed by atoms with Crippen LogP contribution in [0, 0.1) is 0 Å². The number of rotatable bonds is 4. The van der Waals surface area contributed by atoms with Crippen LogP contribution in [0.25, 0.3) is 0 Å². The molecule has 1 aromatic carbocycles. The first-order valence-corrected chi connectivity index (χ1v) is 8.28. The summed E-state index contributed by atoms with van der Waals surface area (Å²) in [6.07, 6.45) is 0.566. The Morgan fingerprint density at radius 3 is 2.71 bits per heavy atom. The average Bonchev–Trinajstić information content (AvgIpc) is 2.83. The van der Waals surface area contributed by atoms with Gasteiger partial charge >= 0.3 is 6.09 Å². The Morgan fingerprint density at radius 1 is 1.43 bits per heavy atom. The lowest BCUT2D eigenvalue weighted by molar-refractivity contribution is -0.115. The number of carbonyl (C=O) groups is 2. The lowest BCUT2D eigenvalue weighted by atomic mass is 10.2. The number of nitrogens with zero attached hydrogens (tertiary/aromatic N) is 1. The summed E-state index contributed by atoms with van der Waals surface area (Å²) in [6.45, 7) is 2.09. The molecule has 1 atom stereocenters. The second-order valence-corrected chi connectivity index (χ2v) is 7.14. The zero-order chi connectivity index (χ0) is 15.6. The molecule has 1 aliphatic rings. The minimum Gasteiger partial charge on any atom is -0.447 e. The molecular weight excluding hydrogens is 296 g/mol. The van der Waals surface area contributed by atoms with Gasteiger partial charge in [0, 0.05) is 17.6 Å². The fraction of sp³-hybridized carbons (Fsp3) is 0.385. The zero-order valence-electron chi connectivity index (χ0n) is 11.7. The maximum absolute atomic E-state index is 11.9. The Bertz CT molecular complexity index is 671. The molecule has 114 valence electrons. The largest absolute Gasteiger partial charge is 0.447 e. The summed E-state index contributed by atoms with van der Waals surface area (Å²) in [7, 11) is -3.45. The maximum Gasteiger partial charge on any atom is 0.414 e. The van der Waals surface area contributed by atoms with E-state index >= 15 is 0 Å². The average molecular weight is 312 g/mol. The highest BCUT2D eigenvalue weighted by Gasteiger charge is 2.25. The number of hydrogen-bond donors (Lipinski definition) is 1. The summed E-state index contributed by atoms with van der Waals surface area (Å²) >= 11 is 0. The molecule has 1 unspecified atom stereocenters. The van der Waals surface area contributed by atoms with Crippen molar-refractivity contribution in [1.29, 1.82) is 0 Å². The van der Waals surface area contributed by atoms with Crippen molar-refractivity contribution in [3.63, 3.8) is 0 Å². The van der Waals surface area contributed by atoms with Gasteiger partial charge < -0.3 is 10.1 Å². The normalized spacial score (nSPS) is 16.5. The third kappa shape index (κ3) is 3.52. The second kappa shape index (κ2) is 5.72. The first-order valence-electron chi connectivity index (χ1n) is 6.33. The minimum atomic E-state index is -3.45. The third-order valence-electron chi connectivity index (χ3n) is 3.20. The number of nitrogens with one attached hydrogen (secondary N) is 1. The molecule has 0 bridgehead atoms. The summed E-state index contributed by atoms with van der Waals surface area (Å²) in [5.74, 6) is -0.612. The van der Waals surface area contributed by atoms with Crippen molar-refractivity contribution >= 4 is 33.2 Å². The predicted octanol–water partition coefficient (Wildman–Crippen LogP) is 1.01. The smallest absolute Gasteiger partial charge is 0.414 e. The molecule has 0 radical (unpaired) electrons. The van der Waals surface area contributed by atoms with Crippen molar-refractivity contribution in [2.45, 2.75) is 12.2 Å². The van der Waals surface area contributed by atoms with Gasteiger partial charge in [-0.2, -0.15) is 0 Å². The van der Waals surface area contributed by atoms with E-state index in [0.29, 0.717) is 24.5 Å². The van der Waals surface area contributed by atoms with Crippen molar-refractivity contribution < 1.29 is 22.7 Å². The highest BCUT2D eigenvalue weighted by atomic mass is 32.2. The summed E-state index contributed by atoms with van der Waals surface area (Å²) in [5.41, 5.74) is 1.01. The summed E-state index contributed by atoms with van der Waals surface area (Å²) in [6, 6.07) is 6.60. The van der Waals surface area contributed by atoms with Crippen molar-refractivity contribution in [2.24, 2.45) is 0 Å². The lowest BCUT2D eigenvalue weighted by Crippen LogP contribution is -2.31. The van der Waals surface area contributed by atoms with Crippen LogP contribution in [0.1, 0.15) is 6.92 Å². The Labute approximate surface area is 122 Å². The van der Waals surface area contributed by atoms with Crippen LogP contribution in [-0.4, -0.2) is 45.1 Å². The molecule has 0 aliphatic carbocycles. The summed E-state index contributed by atoms with van der Waals surface area (Å²) in [5, 5.41) is 1.39. The van der Waals surface area contributed by atoms with E-state index in [1.165, 1.54) is 11.8 Å². The monoisotopic (exact) mass is 312 g/mol. The van der Waals surface area contributed by atoms with Gasteiger partial charge in [-0.05, 0) is 25.1 Å². The van der Waals surface area contributed by atoms with E-state index < -0.39 is 27.1 Å². The van der Waals surface area contributed by atoms with Crippen LogP contribution in [0.4, 0.5) is 16.2 Å². The molecule has 0 saturated carbocycles. The standard InChI is InChI=1S/C13H16N2O5S/c1-9(21(2,18)19)12(16)14-10-4-3-5-11(8-10)15-6-7-20-13(15)17/h3-5,8-9H,6-7H2,1-2H3,(H,14,16). The van der Waals surface area contributed by atoms with Gasteiger partial charge in [-0.25, -0.2) is 13.2 Å². The topological polar surface area (TPSA) is 92.8 Å². The number of anilines is 2. The van der Waals surface area contributed by atoms with Crippen LogP contribution in [0.3, 0.4) is 0 Å². The van der Waals surface area contributed by atoms with Gasteiger partial charge in [0.25, 0.3) is 0 Å². The van der Waals surface area contributed by atoms with Gasteiger partial charge in [-0.3, -0.25) is 9.69 Å². The van der Waals surface area contributed by atoms with Crippen LogP contribution in [0.15, 0.2) is 24.3 Å². The molecular formula is C13H16N2O5S. The zero-order valence-corrected chi connectivity index (χ0v) is 12.5. The Morgan fingerprint density at radius 2 is 2.14 bits per heavy atom. The number of amides is 2. The summed E-state index contributed by atoms with van der Waals surface area (Å²) < 4.78 is 27.5. The molecule has 21 heavy (non-hydrogen) atoms. The number of sulfone groups is 1. The second-order valence-electron chi connectivity index (χ2n) is 4.78. The van der Waals surface area contributed by atoms with Gasteiger partial charge in [0.15, 0.2) is 9.84 Å². The van der Waals surface area contributed by atoms with Gasteiger partial charge in [0.2, 0.25) is 5.91 Å². The van der Waals surface area contributed by atoms with Crippen molar-refractivity contribution in [2.75, 3.05) is 29.6 Å². The summed E-state index contributed by atoms with van der Waals surface area (Å²) in [4.78, 5) is 24.8. The van der Waals surface area contributed by atoms with Crippen LogP contribution in [0.5, 0.6) is 0 Å². The maximum atomic E-state index is 11.9. The molecule has 2 amide bonds. The quantitative estimate of drug-likeness (QED) is 0.896. The van der Waals surface area contributed by atoms with Gasteiger partial charge in [-0.1, -0.05) is 6.07 Å². The number of carbonyl (C=O) groups excluding carboxylic acids is 2. The van der Waals surface area contributed by atoms with E-state index in [-0.39, 0.29) is 0 Å². The number of benzene rings is 1. The molecule has 1 aromatic rings. The SMILES string of the molecule is CC(C(=O)Nc1cccc(N2CCOC2=O)c1)S(C)(=O)=O. The highest BCUT2D eigenvalue weighted by Crippen LogP contribution is 2.22. The van der Waals surface area contributed by atoms with E-state index in [1.54, 1.807) is 24.3 Å². The number of ether oxygens (including phenoxy) is 1. The first-order chi connectivity index (χ1) is 9.79. The van der Waals surface area contributed by atoms with Crippen LogP contribution < -0.4 is 10.2 Å². The van der Waals surface area contributed by atoms with Crippen LogP contribution >= 0.6 is 0 Å². The Balaban J connectivity index is 2.15. The molecule has 7 nitrogen and oxygen atoms in total. The van der Waals surface area contributed by atoms with Crippen LogP contribution in [0.2, 0.25) is 0 Å². The molecule has 1 aliphatic heterocycles. The molecule has 2 rings (SSSR count). The van der Waals surface area contributed by atoms with E-state index in [4.69, 9.17) is 4.74 Å². The first kappa shape index (κ1) is 15.3. The molecule has 0 aromatic heterocycles. The van der Waals surface area contributed by atoms with Gasteiger partial charge in [-0.15, -0.1) is 0 Å². The fourth-order valence-corrected chi connectivity index (χ4v) is 2.27. The van der Waals surface area contributed by atoms with Crippen LogP contribution in [-0.2, 0) is 19.4 Å². The highest BCUT2D eigenvalue weighted by molar-refractivity contribution is 7.92. The molecule has 1 heterocycles. The van der Waals surface area contributed by atoms with Crippen molar-refractivity contribution in [3.8, 4) is 0 Å². The number of hydrogen-bond acceptors (Lipinski definition) is 5. The van der Waals surface area contributed by atoms with Crippen molar-refractivity contribution in [1.82, 2.24) is 0 Å². The minimum absolute atomic E-state index is 0.320. The number of cyclic esters (lactones) is 1. The molecule has 8 heteroatoms. The Kier molecular flexibility index (Phi) is 4.17. The third-order valence-corrected chi connectivity index (χ3v) is 4.70.